The van der Waals surface area contributed by atoms with E-state index in [9.17, 15) is 5.26 Å². The number of nitrogens with one attached hydrogen (secondary N) is 1. The Morgan fingerprint density at radius 1 is 1.27 bits per heavy atom. The van der Waals surface area contributed by atoms with E-state index in [4.69, 9.17) is 4.74 Å². The van der Waals surface area contributed by atoms with Gasteiger partial charge in [-0.05, 0) is 25.7 Å². The van der Waals surface area contributed by atoms with Crippen molar-refractivity contribution < 1.29 is 4.74 Å². The van der Waals surface area contributed by atoms with E-state index in [-0.39, 0.29) is 5.54 Å². The molecule has 0 aromatic carbocycles. The molecule has 3 heteroatoms. The molecule has 2 fully saturated rings. The normalized spacial score (nSPS) is 29.9. The lowest BCUT2D eigenvalue weighted by molar-refractivity contribution is 0.101. The fourth-order valence-corrected chi connectivity index (χ4v) is 2.60. The fourth-order valence-electron chi connectivity index (χ4n) is 2.60. The van der Waals surface area contributed by atoms with E-state index in [0.717, 1.165) is 32.4 Å². The number of hydrogen-bond donors (Lipinski definition) is 1. The van der Waals surface area contributed by atoms with Crippen molar-refractivity contribution in [1.82, 2.24) is 5.32 Å². The monoisotopic (exact) mass is 208 g/mol. The summed E-state index contributed by atoms with van der Waals surface area (Å²) >= 11 is 0. The van der Waals surface area contributed by atoms with Crippen molar-refractivity contribution in [2.45, 2.75) is 56.6 Å². The maximum Gasteiger partial charge on any atom is 0.106 e. The number of rotatable bonds is 3. The summed E-state index contributed by atoms with van der Waals surface area (Å²) in [5.74, 6) is 0. The average molecular weight is 208 g/mol. The molecule has 1 saturated heterocycles. The Labute approximate surface area is 91.8 Å². The van der Waals surface area contributed by atoms with Crippen molar-refractivity contribution in [1.29, 1.82) is 5.26 Å². The largest absolute Gasteiger partial charge is 0.377 e. The molecule has 0 aromatic heterocycles. The molecule has 1 aliphatic heterocycles. The summed E-state index contributed by atoms with van der Waals surface area (Å²) in [5.41, 5.74) is -0.246. The molecule has 15 heavy (non-hydrogen) atoms. The standard InChI is InChI=1S/C12H20N2O/c13-10-12(6-2-1-3-7-12)14-9-11-5-4-8-15-11/h11,14H,1-9H2. The molecule has 1 atom stereocenters. The fraction of sp³-hybridized carbons (Fsp3) is 0.917. The molecular weight excluding hydrogens is 188 g/mol. The summed E-state index contributed by atoms with van der Waals surface area (Å²) in [7, 11) is 0. The van der Waals surface area contributed by atoms with E-state index >= 15 is 0 Å². The lowest BCUT2D eigenvalue weighted by atomic mass is 9.83. The van der Waals surface area contributed by atoms with Crippen LogP contribution >= 0.6 is 0 Å². The summed E-state index contributed by atoms with van der Waals surface area (Å²) in [6.07, 6.45) is 8.34. The third kappa shape index (κ3) is 2.70. The van der Waals surface area contributed by atoms with Gasteiger partial charge in [-0.2, -0.15) is 5.26 Å². The van der Waals surface area contributed by atoms with Crippen molar-refractivity contribution in [2.75, 3.05) is 13.2 Å². The Bertz CT molecular complexity index is 234. The minimum atomic E-state index is -0.246. The highest BCUT2D eigenvalue weighted by molar-refractivity contribution is 5.08. The molecule has 0 spiro atoms. The Morgan fingerprint density at radius 3 is 2.67 bits per heavy atom. The molecular formula is C12H20N2O. The van der Waals surface area contributed by atoms with Gasteiger partial charge in [-0.3, -0.25) is 5.32 Å². The number of nitriles is 1. The van der Waals surface area contributed by atoms with Crippen molar-refractivity contribution in [3.05, 3.63) is 0 Å². The number of ether oxygens (including phenoxy) is 1. The maximum atomic E-state index is 9.26. The van der Waals surface area contributed by atoms with Crippen molar-refractivity contribution in [3.8, 4) is 6.07 Å². The van der Waals surface area contributed by atoms with Gasteiger partial charge in [-0.25, -0.2) is 0 Å². The molecule has 2 rings (SSSR count). The molecule has 1 unspecified atom stereocenters. The van der Waals surface area contributed by atoms with Crippen LogP contribution in [0.3, 0.4) is 0 Å². The summed E-state index contributed by atoms with van der Waals surface area (Å²) in [4.78, 5) is 0. The molecule has 3 nitrogen and oxygen atoms in total. The van der Waals surface area contributed by atoms with Crippen LogP contribution in [0.5, 0.6) is 0 Å². The number of nitrogens with zero attached hydrogens (tertiary/aromatic N) is 1. The van der Waals surface area contributed by atoms with E-state index in [1.165, 1.54) is 25.7 Å². The third-order valence-electron chi connectivity index (χ3n) is 3.61. The summed E-state index contributed by atoms with van der Waals surface area (Å²) in [6.45, 7) is 1.75. The van der Waals surface area contributed by atoms with E-state index in [1.54, 1.807) is 0 Å². The van der Waals surface area contributed by atoms with Gasteiger partial charge in [0, 0.05) is 13.2 Å². The summed E-state index contributed by atoms with van der Waals surface area (Å²) in [5, 5.41) is 12.7. The molecule has 1 saturated carbocycles. The minimum absolute atomic E-state index is 0.246. The van der Waals surface area contributed by atoms with Gasteiger partial charge in [-0.15, -0.1) is 0 Å². The van der Waals surface area contributed by atoms with Crippen molar-refractivity contribution in [3.63, 3.8) is 0 Å². The van der Waals surface area contributed by atoms with Crippen LogP contribution in [-0.2, 0) is 4.74 Å². The topological polar surface area (TPSA) is 45.0 Å². The van der Waals surface area contributed by atoms with Crippen LogP contribution in [0, 0.1) is 11.3 Å². The minimum Gasteiger partial charge on any atom is -0.377 e. The second-order valence-corrected chi connectivity index (χ2v) is 4.77. The van der Waals surface area contributed by atoms with Crippen LogP contribution < -0.4 is 5.32 Å². The van der Waals surface area contributed by atoms with E-state index in [2.05, 4.69) is 11.4 Å². The van der Waals surface area contributed by atoms with Gasteiger partial charge >= 0.3 is 0 Å². The van der Waals surface area contributed by atoms with Crippen LogP contribution in [-0.4, -0.2) is 24.8 Å². The van der Waals surface area contributed by atoms with E-state index < -0.39 is 0 Å². The van der Waals surface area contributed by atoms with Crippen LogP contribution in [0.2, 0.25) is 0 Å². The molecule has 0 aromatic rings. The number of hydrogen-bond acceptors (Lipinski definition) is 3. The Kier molecular flexibility index (Phi) is 3.61. The molecule has 1 heterocycles. The lowest BCUT2D eigenvalue weighted by Crippen LogP contribution is -2.48. The zero-order chi connectivity index (χ0) is 10.6. The van der Waals surface area contributed by atoms with Gasteiger partial charge in [0.05, 0.1) is 12.2 Å². The van der Waals surface area contributed by atoms with Crippen LogP contribution in [0.25, 0.3) is 0 Å². The third-order valence-corrected chi connectivity index (χ3v) is 3.61. The van der Waals surface area contributed by atoms with E-state index in [0.29, 0.717) is 6.10 Å². The molecule has 1 aliphatic carbocycles. The second kappa shape index (κ2) is 4.96. The molecule has 0 radical (unpaired) electrons. The predicted molar refractivity (Wildman–Crippen MR) is 58.4 cm³/mol. The Hall–Kier alpha value is -0.590. The molecule has 0 bridgehead atoms. The van der Waals surface area contributed by atoms with Gasteiger partial charge in [-0.1, -0.05) is 19.3 Å². The first kappa shape index (κ1) is 10.9. The summed E-state index contributed by atoms with van der Waals surface area (Å²) < 4.78 is 5.56. The second-order valence-electron chi connectivity index (χ2n) is 4.77. The van der Waals surface area contributed by atoms with Gasteiger partial charge in [0.1, 0.15) is 5.54 Å². The average Bonchev–Trinajstić information content (AvgIpc) is 2.81. The zero-order valence-electron chi connectivity index (χ0n) is 9.30. The highest BCUT2D eigenvalue weighted by atomic mass is 16.5. The first-order chi connectivity index (χ1) is 7.35. The van der Waals surface area contributed by atoms with Gasteiger partial charge in [0.2, 0.25) is 0 Å². The molecule has 2 aliphatic rings. The maximum absolute atomic E-state index is 9.26. The Morgan fingerprint density at radius 2 is 2.07 bits per heavy atom. The van der Waals surface area contributed by atoms with Crippen LogP contribution in [0.1, 0.15) is 44.9 Å². The first-order valence-electron chi connectivity index (χ1n) is 6.13. The predicted octanol–water partition coefficient (Wildman–Crippen LogP) is 1.98. The van der Waals surface area contributed by atoms with Gasteiger partial charge in [0.15, 0.2) is 0 Å². The molecule has 84 valence electrons. The quantitative estimate of drug-likeness (QED) is 0.771. The first-order valence-corrected chi connectivity index (χ1v) is 6.13. The smallest absolute Gasteiger partial charge is 0.106 e. The summed E-state index contributed by atoms with van der Waals surface area (Å²) in [6, 6.07) is 2.47. The highest BCUT2D eigenvalue weighted by Gasteiger charge is 2.32. The van der Waals surface area contributed by atoms with Gasteiger partial charge in [0.25, 0.3) is 0 Å². The van der Waals surface area contributed by atoms with E-state index in [1.807, 2.05) is 0 Å². The van der Waals surface area contributed by atoms with Crippen LogP contribution in [0.15, 0.2) is 0 Å². The Balaban J connectivity index is 1.81. The molecule has 0 amide bonds. The lowest BCUT2D eigenvalue weighted by Gasteiger charge is -2.32. The molecule has 1 N–H and O–H groups in total. The van der Waals surface area contributed by atoms with Crippen LogP contribution in [0.4, 0.5) is 0 Å². The SMILES string of the molecule is N#CC1(NCC2CCCO2)CCCCC1. The van der Waals surface area contributed by atoms with Crippen molar-refractivity contribution >= 4 is 0 Å². The van der Waals surface area contributed by atoms with Gasteiger partial charge < -0.3 is 4.74 Å². The zero-order valence-corrected chi connectivity index (χ0v) is 9.30. The highest BCUT2D eigenvalue weighted by Crippen LogP contribution is 2.27. The van der Waals surface area contributed by atoms with Crippen molar-refractivity contribution in [2.24, 2.45) is 0 Å².